The Morgan fingerprint density at radius 3 is 2.79 bits per heavy atom. The Kier molecular flexibility index (Phi) is 2.75. The Bertz CT molecular complexity index is 704. The molecule has 98 valence electrons. The molecule has 1 aliphatic rings. The van der Waals surface area contributed by atoms with Gasteiger partial charge in [-0.05, 0) is 18.2 Å². The molecule has 7 heteroatoms. The Morgan fingerprint density at radius 2 is 2.05 bits per heavy atom. The molecule has 0 spiro atoms. The summed E-state index contributed by atoms with van der Waals surface area (Å²) in [6, 6.07) is 7.21. The minimum Gasteiger partial charge on any atom is -0.336 e. The summed E-state index contributed by atoms with van der Waals surface area (Å²) in [6.45, 7) is 0. The minimum atomic E-state index is -0.870. The van der Waals surface area contributed by atoms with Gasteiger partial charge < -0.3 is 9.65 Å². The number of nitrogens with one attached hydrogen (secondary N) is 1. The number of nitrogens with zero attached hydrogens (tertiary/aromatic N) is 2. The number of hydrogen-bond donors (Lipinski definition) is 1. The average Bonchev–Trinajstić information content (AvgIpc) is 3.04. The van der Waals surface area contributed by atoms with E-state index in [0.717, 1.165) is 17.6 Å². The van der Waals surface area contributed by atoms with E-state index in [1.165, 1.54) is 18.2 Å². The second-order valence-corrected chi connectivity index (χ2v) is 5.44. The van der Waals surface area contributed by atoms with Crippen molar-refractivity contribution in [3.63, 3.8) is 0 Å². The molecular weight excluding hydrogens is 271 g/mol. The zero-order valence-electron chi connectivity index (χ0n) is 9.95. The number of aromatic nitrogens is 1. The minimum absolute atomic E-state index is 0.0676. The van der Waals surface area contributed by atoms with E-state index in [2.05, 4.69) is 4.98 Å². The quantitative estimate of drug-likeness (QED) is 0.694. The fourth-order valence-electron chi connectivity index (χ4n) is 1.82. The first-order valence-electron chi connectivity index (χ1n) is 5.55. The topological polar surface area (TPSA) is 39.1 Å². The Balaban J connectivity index is 1.79. The van der Waals surface area contributed by atoms with Crippen LogP contribution in [0.1, 0.15) is 0 Å². The van der Waals surface area contributed by atoms with Gasteiger partial charge in [-0.25, -0.2) is 8.78 Å². The van der Waals surface area contributed by atoms with Crippen LogP contribution in [0, 0.1) is 11.6 Å². The predicted octanol–water partition coefficient (Wildman–Crippen LogP) is 2.75. The lowest BCUT2D eigenvalue weighted by Crippen LogP contribution is -2.10. The molecule has 2 aromatic rings. The van der Waals surface area contributed by atoms with Gasteiger partial charge in [0.05, 0.1) is 20.3 Å². The van der Waals surface area contributed by atoms with E-state index in [4.69, 9.17) is 0 Å². The van der Waals surface area contributed by atoms with Crippen molar-refractivity contribution in [1.82, 2.24) is 4.98 Å². The van der Waals surface area contributed by atoms with Gasteiger partial charge in [0.25, 0.3) is 0 Å². The van der Waals surface area contributed by atoms with Crippen molar-refractivity contribution in [3.8, 4) is 0 Å². The van der Waals surface area contributed by atoms with Gasteiger partial charge in [-0.3, -0.25) is 9.46 Å². The highest BCUT2D eigenvalue weighted by Crippen LogP contribution is 2.54. The summed E-state index contributed by atoms with van der Waals surface area (Å²) in [6.07, 6.45) is 0. The first-order chi connectivity index (χ1) is 9.08. The third-order valence-electron chi connectivity index (χ3n) is 2.83. The third kappa shape index (κ3) is 2.08. The van der Waals surface area contributed by atoms with E-state index in [9.17, 15) is 13.6 Å². The number of aromatic amines is 1. The number of hydrogen-bond acceptors (Lipinski definition) is 3. The maximum atomic E-state index is 13.6. The van der Waals surface area contributed by atoms with Crippen molar-refractivity contribution in [3.05, 3.63) is 52.3 Å². The summed E-state index contributed by atoms with van der Waals surface area (Å²) in [7, 11) is 1.74. The highest BCUT2D eigenvalue weighted by Gasteiger charge is 2.31. The molecule has 0 aliphatic carbocycles. The molecule has 0 saturated carbocycles. The zero-order chi connectivity index (χ0) is 13.6. The standard InChI is InChI=1S/C12H10F2N3OP/c1-16(8-4-2-3-7(13)11(8)14)19-17-9-5-6-10(18)15-12(9)17/h2-6,19H,1H3,(H,15,18). The maximum Gasteiger partial charge on any atom is 0.249 e. The van der Waals surface area contributed by atoms with Crippen LogP contribution in [0.2, 0.25) is 0 Å². The average molecular weight is 281 g/mol. The molecule has 2 heterocycles. The number of H-pyrrole nitrogens is 1. The van der Waals surface area contributed by atoms with Gasteiger partial charge in [0, 0.05) is 13.1 Å². The number of pyridine rings is 1. The summed E-state index contributed by atoms with van der Waals surface area (Å²) in [5.74, 6) is -1.00. The van der Waals surface area contributed by atoms with Crippen molar-refractivity contribution < 1.29 is 8.78 Å². The molecule has 0 bridgehead atoms. The predicted molar refractivity (Wildman–Crippen MR) is 72.3 cm³/mol. The molecule has 1 atom stereocenters. The van der Waals surface area contributed by atoms with Gasteiger partial charge in [0.2, 0.25) is 5.56 Å². The number of benzene rings is 1. The van der Waals surface area contributed by atoms with E-state index >= 15 is 0 Å². The lowest BCUT2D eigenvalue weighted by Gasteiger charge is -2.20. The normalized spacial score (nSPS) is 12.9. The van der Waals surface area contributed by atoms with Crippen LogP contribution in [0.15, 0.2) is 35.1 Å². The summed E-state index contributed by atoms with van der Waals surface area (Å²) in [5, 5.41) is 0. The van der Waals surface area contributed by atoms with E-state index in [0.29, 0.717) is 0 Å². The van der Waals surface area contributed by atoms with Gasteiger partial charge in [-0.1, -0.05) is 6.07 Å². The van der Waals surface area contributed by atoms with E-state index in [1.54, 1.807) is 17.8 Å². The van der Waals surface area contributed by atoms with E-state index < -0.39 is 11.6 Å². The summed E-state index contributed by atoms with van der Waals surface area (Å²) < 4.78 is 30.2. The highest BCUT2D eigenvalue weighted by molar-refractivity contribution is 7.43. The first kappa shape index (κ1) is 12.1. The van der Waals surface area contributed by atoms with Crippen LogP contribution in [-0.4, -0.2) is 12.0 Å². The Morgan fingerprint density at radius 1 is 1.26 bits per heavy atom. The van der Waals surface area contributed by atoms with Crippen LogP contribution in [0.25, 0.3) is 0 Å². The summed E-state index contributed by atoms with van der Waals surface area (Å²) in [5.41, 5.74) is 0.922. The Labute approximate surface area is 109 Å². The van der Waals surface area contributed by atoms with Crippen LogP contribution in [0.5, 0.6) is 0 Å². The largest absolute Gasteiger partial charge is 0.336 e. The molecule has 1 N–H and O–H groups in total. The SMILES string of the molecule is CN(PN1c2ccc(=O)[nH]c21)c1cccc(F)c1F. The third-order valence-corrected chi connectivity index (χ3v) is 4.04. The van der Waals surface area contributed by atoms with Crippen LogP contribution in [-0.2, 0) is 0 Å². The van der Waals surface area contributed by atoms with E-state index in [-0.39, 0.29) is 20.1 Å². The fourth-order valence-corrected chi connectivity index (χ4v) is 2.91. The van der Waals surface area contributed by atoms with Gasteiger partial charge in [-0.2, -0.15) is 0 Å². The number of halogens is 2. The summed E-state index contributed by atoms with van der Waals surface area (Å²) >= 11 is 0. The molecule has 0 radical (unpaired) electrons. The number of anilines is 3. The first-order valence-corrected chi connectivity index (χ1v) is 6.45. The van der Waals surface area contributed by atoms with Gasteiger partial charge in [0.15, 0.2) is 11.6 Å². The van der Waals surface area contributed by atoms with Crippen molar-refractivity contribution in [2.45, 2.75) is 0 Å². The van der Waals surface area contributed by atoms with Crippen LogP contribution in [0.4, 0.5) is 26.0 Å². The van der Waals surface area contributed by atoms with E-state index in [1.807, 2.05) is 4.67 Å². The Hall–Kier alpha value is -1.94. The van der Waals surface area contributed by atoms with Crippen molar-refractivity contribution in [2.24, 2.45) is 0 Å². The molecule has 0 fully saturated rings. The second kappa shape index (κ2) is 4.31. The molecule has 4 nitrogen and oxygen atoms in total. The second-order valence-electron chi connectivity index (χ2n) is 4.12. The zero-order valence-corrected chi connectivity index (χ0v) is 10.9. The molecule has 1 aromatic carbocycles. The molecule has 1 unspecified atom stereocenters. The molecule has 19 heavy (non-hydrogen) atoms. The van der Waals surface area contributed by atoms with Crippen LogP contribution >= 0.6 is 8.88 Å². The summed E-state index contributed by atoms with van der Waals surface area (Å²) in [4.78, 5) is 13.8. The van der Waals surface area contributed by atoms with Crippen molar-refractivity contribution >= 4 is 26.1 Å². The van der Waals surface area contributed by atoms with Gasteiger partial charge in [-0.15, -0.1) is 0 Å². The fraction of sp³-hybridized carbons (Fsp3) is 0.0833. The molecular formula is C12H10F2N3OP. The monoisotopic (exact) mass is 281 g/mol. The molecule has 1 aromatic heterocycles. The van der Waals surface area contributed by atoms with Gasteiger partial charge >= 0.3 is 0 Å². The lowest BCUT2D eigenvalue weighted by molar-refractivity contribution is 0.510. The van der Waals surface area contributed by atoms with Gasteiger partial charge in [0.1, 0.15) is 5.82 Å². The van der Waals surface area contributed by atoms with Crippen molar-refractivity contribution in [2.75, 3.05) is 16.4 Å². The number of rotatable bonds is 3. The molecule has 0 amide bonds. The molecule has 1 aliphatic heterocycles. The maximum absolute atomic E-state index is 13.6. The molecule has 0 saturated heterocycles. The van der Waals surface area contributed by atoms with Crippen LogP contribution < -0.4 is 14.9 Å². The van der Waals surface area contributed by atoms with Crippen molar-refractivity contribution in [1.29, 1.82) is 0 Å². The molecule has 3 rings (SSSR count). The highest BCUT2D eigenvalue weighted by atomic mass is 31.1. The number of fused-ring (bicyclic) bond motifs is 1. The smallest absolute Gasteiger partial charge is 0.249 e. The lowest BCUT2D eigenvalue weighted by atomic mass is 10.3. The van der Waals surface area contributed by atoms with Crippen LogP contribution in [0.3, 0.4) is 0 Å².